The summed E-state index contributed by atoms with van der Waals surface area (Å²) in [6.07, 6.45) is 1.67. The molecule has 3 nitrogen and oxygen atoms in total. The summed E-state index contributed by atoms with van der Waals surface area (Å²) in [7, 11) is 0. The van der Waals surface area contributed by atoms with E-state index in [4.69, 9.17) is 0 Å². The van der Waals surface area contributed by atoms with Crippen molar-refractivity contribution in [2.24, 2.45) is 0 Å². The van der Waals surface area contributed by atoms with Crippen molar-refractivity contribution in [3.05, 3.63) is 6.33 Å². The lowest BCUT2D eigenvalue weighted by Crippen LogP contribution is -1.64. The number of aromatic nitrogens is 2. The van der Waals surface area contributed by atoms with Gasteiger partial charge in [-0.1, -0.05) is 0 Å². The minimum atomic E-state index is 0.995. The highest BCUT2D eigenvalue weighted by atomic mass is 15.2. The average molecular weight is 81.1 g/mol. The van der Waals surface area contributed by atoms with E-state index in [-0.39, 0.29) is 0 Å². The van der Waals surface area contributed by atoms with Crippen molar-refractivity contribution < 1.29 is 0 Å². The summed E-state index contributed by atoms with van der Waals surface area (Å²) in [5.41, 5.74) is 0. The number of fused-ring (bicyclic) bond motifs is 1. The summed E-state index contributed by atoms with van der Waals surface area (Å²) in [4.78, 5) is 6.71. The van der Waals surface area contributed by atoms with Gasteiger partial charge in [-0.25, -0.2) is 4.98 Å². The molecule has 0 aliphatic carbocycles. The zero-order valence-electron chi connectivity index (χ0n) is 3.02. The molecule has 0 aromatic carbocycles. The van der Waals surface area contributed by atoms with Crippen molar-refractivity contribution in [1.29, 1.82) is 0 Å². The van der Waals surface area contributed by atoms with Crippen molar-refractivity contribution >= 4 is 11.6 Å². The standard InChI is InChI=1S/C3H3N3/c1-4-2-3(5-1)6-2/h1,6H,(H,4,5). The molecule has 2 N–H and O–H groups in total. The van der Waals surface area contributed by atoms with E-state index < -0.39 is 0 Å². The molecule has 0 unspecified atom stereocenters. The SMILES string of the molecule is c1nc2c([nH]1)N2. The Hall–Kier alpha value is -0.990. The second-order valence-corrected chi connectivity index (χ2v) is 1.25. The van der Waals surface area contributed by atoms with Gasteiger partial charge in [0, 0.05) is 0 Å². The number of nitrogens with zero attached hydrogens (tertiary/aromatic N) is 1. The highest BCUT2D eigenvalue weighted by Gasteiger charge is 2.16. The van der Waals surface area contributed by atoms with Crippen LogP contribution in [-0.4, -0.2) is 9.97 Å². The fraction of sp³-hybridized carbons (Fsp3) is 0. The highest BCUT2D eigenvalue weighted by Crippen LogP contribution is 2.32. The predicted octanol–water partition coefficient (Wildman–Crippen LogP) is 0.467. The number of imidazole rings is 1. The van der Waals surface area contributed by atoms with Crippen LogP contribution in [0.25, 0.3) is 0 Å². The van der Waals surface area contributed by atoms with Crippen molar-refractivity contribution in [2.45, 2.75) is 0 Å². The lowest BCUT2D eigenvalue weighted by atomic mass is 11.0. The Balaban J connectivity index is 2.88. The first-order valence-electron chi connectivity index (χ1n) is 1.77. The molecule has 1 aliphatic rings. The molecule has 6 heavy (non-hydrogen) atoms. The van der Waals surface area contributed by atoms with Gasteiger partial charge in [-0.3, -0.25) is 0 Å². The molecule has 30 valence electrons. The molecule has 0 radical (unpaired) electrons. The normalized spacial score (nSPS) is 12.7. The lowest BCUT2D eigenvalue weighted by molar-refractivity contribution is 1.28. The maximum Gasteiger partial charge on any atom is 0.174 e. The van der Waals surface area contributed by atoms with E-state index >= 15 is 0 Å². The molecular weight excluding hydrogens is 78.1 g/mol. The third-order valence-electron chi connectivity index (χ3n) is 0.820. The van der Waals surface area contributed by atoms with Crippen molar-refractivity contribution in [3.63, 3.8) is 0 Å². The van der Waals surface area contributed by atoms with Gasteiger partial charge in [-0.15, -0.1) is 0 Å². The maximum absolute atomic E-state index is 3.84. The molecule has 0 saturated carbocycles. The van der Waals surface area contributed by atoms with Gasteiger partial charge < -0.3 is 10.3 Å². The smallest absolute Gasteiger partial charge is 0.174 e. The van der Waals surface area contributed by atoms with Crippen LogP contribution < -0.4 is 5.32 Å². The van der Waals surface area contributed by atoms with Gasteiger partial charge in [-0.2, -0.15) is 0 Å². The monoisotopic (exact) mass is 81.0 g/mol. The number of rotatable bonds is 0. The van der Waals surface area contributed by atoms with Gasteiger partial charge in [0.1, 0.15) is 0 Å². The number of nitrogens with one attached hydrogen (secondary N) is 2. The van der Waals surface area contributed by atoms with E-state index in [0.717, 1.165) is 11.6 Å². The molecule has 0 spiro atoms. The number of H-pyrrole nitrogens is 1. The molecule has 3 heteroatoms. The van der Waals surface area contributed by atoms with Crippen LogP contribution in [0.2, 0.25) is 0 Å². The third-order valence-corrected chi connectivity index (χ3v) is 0.820. The minimum Gasteiger partial charge on any atom is -0.329 e. The van der Waals surface area contributed by atoms with Gasteiger partial charge in [0.15, 0.2) is 11.6 Å². The van der Waals surface area contributed by atoms with Gasteiger partial charge in [0.2, 0.25) is 0 Å². The zero-order valence-corrected chi connectivity index (χ0v) is 3.02. The Bertz CT molecular complexity index is 150. The van der Waals surface area contributed by atoms with Gasteiger partial charge in [-0.05, 0) is 0 Å². The largest absolute Gasteiger partial charge is 0.329 e. The topological polar surface area (TPSA) is 50.6 Å². The molecular formula is C3H3N3. The summed E-state index contributed by atoms with van der Waals surface area (Å²) < 4.78 is 0. The summed E-state index contributed by atoms with van der Waals surface area (Å²) in [5, 5.41) is 2.89. The first kappa shape index (κ1) is 2.23. The lowest BCUT2D eigenvalue weighted by Gasteiger charge is -1.64. The molecule has 0 bridgehead atoms. The van der Waals surface area contributed by atoms with Crippen LogP contribution in [-0.2, 0) is 0 Å². The molecule has 2 rings (SSSR count). The molecule has 1 aromatic rings. The molecule has 1 aromatic heterocycles. The fourth-order valence-electron chi connectivity index (χ4n) is 0.450. The summed E-state index contributed by atoms with van der Waals surface area (Å²) >= 11 is 0. The van der Waals surface area contributed by atoms with E-state index in [2.05, 4.69) is 15.3 Å². The Morgan fingerprint density at radius 2 is 2.67 bits per heavy atom. The third kappa shape index (κ3) is 0.100. The van der Waals surface area contributed by atoms with Crippen molar-refractivity contribution in [3.8, 4) is 0 Å². The van der Waals surface area contributed by atoms with E-state index in [1.165, 1.54) is 0 Å². The molecule has 1 aliphatic heterocycles. The maximum atomic E-state index is 3.84. The van der Waals surface area contributed by atoms with E-state index in [9.17, 15) is 0 Å². The number of anilines is 2. The minimum absolute atomic E-state index is 0.995. The summed E-state index contributed by atoms with van der Waals surface area (Å²) in [6.45, 7) is 0. The van der Waals surface area contributed by atoms with Crippen LogP contribution >= 0.6 is 0 Å². The molecule has 0 saturated heterocycles. The summed E-state index contributed by atoms with van der Waals surface area (Å²) in [5.74, 6) is 2.06. The second-order valence-electron chi connectivity index (χ2n) is 1.25. The van der Waals surface area contributed by atoms with Gasteiger partial charge in [0.25, 0.3) is 0 Å². The van der Waals surface area contributed by atoms with Crippen LogP contribution in [0.5, 0.6) is 0 Å². The zero-order chi connectivity index (χ0) is 3.98. The summed E-state index contributed by atoms with van der Waals surface area (Å²) in [6, 6.07) is 0. The molecule has 2 heterocycles. The van der Waals surface area contributed by atoms with Gasteiger partial charge >= 0.3 is 0 Å². The molecule has 0 atom stereocenters. The van der Waals surface area contributed by atoms with Crippen molar-refractivity contribution in [1.82, 2.24) is 9.97 Å². The van der Waals surface area contributed by atoms with Gasteiger partial charge in [0.05, 0.1) is 6.33 Å². The molecule has 0 fully saturated rings. The highest BCUT2D eigenvalue weighted by molar-refractivity contribution is 5.81. The van der Waals surface area contributed by atoms with Crippen LogP contribution in [0, 0.1) is 0 Å². The first-order valence-corrected chi connectivity index (χ1v) is 1.77. The average Bonchev–Trinajstić information content (AvgIpc) is 2.17. The second kappa shape index (κ2) is 0.448. The molecule has 0 amide bonds. The fourth-order valence-corrected chi connectivity index (χ4v) is 0.450. The first-order chi connectivity index (χ1) is 2.97. The van der Waals surface area contributed by atoms with Crippen LogP contribution in [0.4, 0.5) is 11.6 Å². The Morgan fingerprint density at radius 1 is 1.67 bits per heavy atom. The predicted molar refractivity (Wildman–Crippen MR) is 21.9 cm³/mol. The van der Waals surface area contributed by atoms with E-state index in [1.54, 1.807) is 6.33 Å². The Labute approximate surface area is 34.4 Å². The van der Waals surface area contributed by atoms with E-state index in [0.29, 0.717) is 0 Å². The number of hydrogen-bond acceptors (Lipinski definition) is 2. The van der Waals surface area contributed by atoms with Crippen molar-refractivity contribution in [2.75, 3.05) is 5.32 Å². The number of aromatic amines is 1. The Morgan fingerprint density at radius 3 is 2.83 bits per heavy atom. The Kier molecular flexibility index (Phi) is 0.166. The number of hydrogen-bond donors (Lipinski definition) is 2. The van der Waals surface area contributed by atoms with E-state index in [1.807, 2.05) is 0 Å². The van der Waals surface area contributed by atoms with Crippen LogP contribution in [0.1, 0.15) is 0 Å². The van der Waals surface area contributed by atoms with Crippen LogP contribution in [0.3, 0.4) is 0 Å². The quantitative estimate of drug-likeness (QED) is 0.453. The van der Waals surface area contributed by atoms with Crippen LogP contribution in [0.15, 0.2) is 6.33 Å².